The molecule has 0 unspecified atom stereocenters. The van der Waals surface area contributed by atoms with E-state index in [1.807, 2.05) is 54.8 Å². The second-order valence-corrected chi connectivity index (χ2v) is 8.65. The number of anilines is 1. The molecule has 7 heteroatoms. The van der Waals surface area contributed by atoms with Gasteiger partial charge in [0.15, 0.2) is 0 Å². The van der Waals surface area contributed by atoms with Crippen LogP contribution in [-0.2, 0) is 6.54 Å². The Balaban J connectivity index is 1.37. The molecular formula is C26H29N5O2. The molecule has 0 aliphatic carbocycles. The lowest BCUT2D eigenvalue weighted by Gasteiger charge is -2.36. The number of aromatic amines is 1. The van der Waals surface area contributed by atoms with Crippen molar-refractivity contribution in [1.82, 2.24) is 19.2 Å². The standard InChI is InChI=1S/C26H29N5O2/c1-19-23-24(20(2)31(19)22-11-7-4-8-12-22)26(33)30(27-25(23)32)18-15-28-13-16-29(17-14-28)21-9-5-3-6-10-21/h3-12H,13-18H2,1-2H3,(H,27,32). The van der Waals surface area contributed by atoms with Gasteiger partial charge in [-0.05, 0) is 38.1 Å². The lowest BCUT2D eigenvalue weighted by Crippen LogP contribution is -2.48. The van der Waals surface area contributed by atoms with Crippen LogP contribution < -0.4 is 16.0 Å². The number of rotatable bonds is 5. The summed E-state index contributed by atoms with van der Waals surface area (Å²) in [6.07, 6.45) is 0. The second-order valence-electron chi connectivity index (χ2n) is 8.65. The molecule has 1 aliphatic rings. The Kier molecular flexibility index (Phi) is 5.64. The summed E-state index contributed by atoms with van der Waals surface area (Å²) in [4.78, 5) is 31.1. The Morgan fingerprint density at radius 1 is 0.727 bits per heavy atom. The minimum absolute atomic E-state index is 0.136. The molecule has 0 atom stereocenters. The quantitative estimate of drug-likeness (QED) is 0.515. The van der Waals surface area contributed by atoms with Crippen LogP contribution in [0, 0.1) is 13.8 Å². The number of benzene rings is 2. The Morgan fingerprint density at radius 3 is 1.94 bits per heavy atom. The van der Waals surface area contributed by atoms with Gasteiger partial charge < -0.3 is 9.47 Å². The first-order chi connectivity index (χ1) is 16.0. The van der Waals surface area contributed by atoms with Gasteiger partial charge in [0.1, 0.15) is 0 Å². The van der Waals surface area contributed by atoms with Gasteiger partial charge in [-0.3, -0.25) is 19.6 Å². The Hall–Kier alpha value is -3.58. The lowest BCUT2D eigenvalue weighted by atomic mass is 10.2. The monoisotopic (exact) mass is 443 g/mol. The molecule has 170 valence electrons. The van der Waals surface area contributed by atoms with E-state index in [4.69, 9.17) is 0 Å². The summed E-state index contributed by atoms with van der Waals surface area (Å²) in [5.41, 5.74) is 3.44. The fraction of sp³-hybridized carbons (Fsp3) is 0.308. The van der Waals surface area contributed by atoms with Crippen molar-refractivity contribution in [2.24, 2.45) is 0 Å². The number of hydrogen-bond donors (Lipinski definition) is 1. The van der Waals surface area contributed by atoms with Crippen LogP contribution in [0.25, 0.3) is 16.5 Å². The number of hydrogen-bond acceptors (Lipinski definition) is 4. The van der Waals surface area contributed by atoms with Crippen LogP contribution in [-0.4, -0.2) is 52.0 Å². The summed E-state index contributed by atoms with van der Waals surface area (Å²) in [5, 5.41) is 3.81. The molecule has 1 N–H and O–H groups in total. The van der Waals surface area contributed by atoms with E-state index in [0.29, 0.717) is 17.3 Å². The van der Waals surface area contributed by atoms with Crippen molar-refractivity contribution >= 4 is 16.5 Å². The number of piperazine rings is 1. The molecule has 0 spiro atoms. The third-order valence-corrected chi connectivity index (χ3v) is 6.71. The minimum Gasteiger partial charge on any atom is -0.369 e. The molecule has 0 radical (unpaired) electrons. The van der Waals surface area contributed by atoms with Crippen molar-refractivity contribution in [3.8, 4) is 5.69 Å². The van der Waals surface area contributed by atoms with E-state index < -0.39 is 0 Å². The Bertz CT molecular complexity index is 1380. The summed E-state index contributed by atoms with van der Waals surface area (Å²) in [5.74, 6) is 0. The Labute approximate surface area is 192 Å². The van der Waals surface area contributed by atoms with Gasteiger partial charge in [-0.15, -0.1) is 0 Å². The number of nitrogens with one attached hydrogen (secondary N) is 1. The van der Waals surface area contributed by atoms with Crippen LogP contribution in [0.3, 0.4) is 0 Å². The van der Waals surface area contributed by atoms with Crippen molar-refractivity contribution in [3.63, 3.8) is 0 Å². The highest BCUT2D eigenvalue weighted by Gasteiger charge is 2.21. The van der Waals surface area contributed by atoms with E-state index in [-0.39, 0.29) is 11.1 Å². The zero-order valence-corrected chi connectivity index (χ0v) is 19.1. The summed E-state index contributed by atoms with van der Waals surface area (Å²) in [6.45, 7) is 8.76. The van der Waals surface area contributed by atoms with Gasteiger partial charge in [0.25, 0.3) is 11.1 Å². The first-order valence-electron chi connectivity index (χ1n) is 11.5. The average Bonchev–Trinajstić information content (AvgIpc) is 3.12. The topological polar surface area (TPSA) is 66.3 Å². The van der Waals surface area contributed by atoms with Gasteiger partial charge in [0.05, 0.1) is 17.3 Å². The summed E-state index contributed by atoms with van der Waals surface area (Å²) in [7, 11) is 0. The lowest BCUT2D eigenvalue weighted by molar-refractivity contribution is 0.242. The van der Waals surface area contributed by atoms with Gasteiger partial charge in [-0.1, -0.05) is 36.4 Å². The number of aromatic nitrogens is 3. The molecule has 2 aromatic carbocycles. The van der Waals surface area contributed by atoms with Gasteiger partial charge in [-0.25, -0.2) is 4.68 Å². The predicted octanol–water partition coefficient (Wildman–Crippen LogP) is 2.92. The summed E-state index contributed by atoms with van der Waals surface area (Å²) >= 11 is 0. The summed E-state index contributed by atoms with van der Waals surface area (Å²) in [6, 6.07) is 20.3. The van der Waals surface area contributed by atoms with Crippen LogP contribution in [0.1, 0.15) is 11.4 Å². The van der Waals surface area contributed by atoms with Crippen LogP contribution in [0.2, 0.25) is 0 Å². The largest absolute Gasteiger partial charge is 0.369 e. The van der Waals surface area contributed by atoms with Gasteiger partial charge in [0.2, 0.25) is 0 Å². The first-order valence-corrected chi connectivity index (χ1v) is 11.5. The van der Waals surface area contributed by atoms with E-state index in [1.165, 1.54) is 10.4 Å². The van der Waals surface area contributed by atoms with Crippen LogP contribution in [0.5, 0.6) is 0 Å². The van der Waals surface area contributed by atoms with Crippen molar-refractivity contribution in [3.05, 3.63) is 92.8 Å². The second kappa shape index (κ2) is 8.75. The van der Waals surface area contributed by atoms with Crippen molar-refractivity contribution in [2.75, 3.05) is 37.6 Å². The average molecular weight is 444 g/mol. The highest BCUT2D eigenvalue weighted by Crippen LogP contribution is 2.24. The number of para-hydroxylation sites is 2. The summed E-state index contributed by atoms with van der Waals surface area (Å²) < 4.78 is 3.48. The number of H-pyrrole nitrogens is 1. The molecule has 33 heavy (non-hydrogen) atoms. The van der Waals surface area contributed by atoms with Gasteiger partial charge in [0, 0.05) is 55.5 Å². The molecule has 4 aromatic rings. The normalized spacial score (nSPS) is 14.8. The zero-order chi connectivity index (χ0) is 22.9. The van der Waals surface area contributed by atoms with Gasteiger partial charge in [-0.2, -0.15) is 0 Å². The molecule has 1 aliphatic heterocycles. The minimum atomic E-state index is -0.214. The molecule has 1 fully saturated rings. The molecule has 3 heterocycles. The fourth-order valence-electron chi connectivity index (χ4n) is 4.97. The smallest absolute Gasteiger partial charge is 0.274 e. The van der Waals surface area contributed by atoms with Crippen molar-refractivity contribution in [2.45, 2.75) is 20.4 Å². The van der Waals surface area contributed by atoms with Crippen LogP contribution in [0.15, 0.2) is 70.3 Å². The number of fused-ring (bicyclic) bond motifs is 1. The molecule has 2 aromatic heterocycles. The molecule has 0 bridgehead atoms. The molecule has 7 nitrogen and oxygen atoms in total. The Morgan fingerprint density at radius 2 is 1.30 bits per heavy atom. The highest BCUT2D eigenvalue weighted by molar-refractivity contribution is 5.87. The number of nitrogens with zero attached hydrogens (tertiary/aromatic N) is 4. The third kappa shape index (κ3) is 3.89. The SMILES string of the molecule is Cc1c2c(=O)[nH]n(CCN3CCN(c4ccccc4)CC3)c(=O)c2c(C)n1-c1ccccc1. The van der Waals surface area contributed by atoms with Crippen LogP contribution in [0.4, 0.5) is 5.69 Å². The van der Waals surface area contributed by atoms with E-state index in [2.05, 4.69) is 39.2 Å². The number of aryl methyl sites for hydroxylation is 2. The predicted molar refractivity (Wildman–Crippen MR) is 133 cm³/mol. The van der Waals surface area contributed by atoms with Gasteiger partial charge >= 0.3 is 0 Å². The van der Waals surface area contributed by atoms with Crippen LogP contribution >= 0.6 is 0 Å². The molecular weight excluding hydrogens is 414 g/mol. The fourth-order valence-corrected chi connectivity index (χ4v) is 4.97. The van der Waals surface area contributed by atoms with E-state index >= 15 is 0 Å². The maximum absolute atomic E-state index is 13.4. The maximum atomic E-state index is 13.4. The zero-order valence-electron chi connectivity index (χ0n) is 19.1. The molecule has 0 amide bonds. The van der Waals surface area contributed by atoms with E-state index in [0.717, 1.165) is 49.8 Å². The molecule has 1 saturated heterocycles. The molecule has 5 rings (SSSR count). The van der Waals surface area contributed by atoms with Crippen molar-refractivity contribution in [1.29, 1.82) is 0 Å². The highest BCUT2D eigenvalue weighted by atomic mass is 16.2. The maximum Gasteiger partial charge on any atom is 0.274 e. The van der Waals surface area contributed by atoms with E-state index in [1.54, 1.807) is 0 Å². The molecule has 0 saturated carbocycles. The van der Waals surface area contributed by atoms with Crippen molar-refractivity contribution < 1.29 is 0 Å². The van der Waals surface area contributed by atoms with E-state index in [9.17, 15) is 9.59 Å². The third-order valence-electron chi connectivity index (χ3n) is 6.71. The first kappa shape index (κ1) is 21.3.